The molecule has 0 fully saturated rings. The number of ether oxygens (including phenoxy) is 1. The van der Waals surface area contributed by atoms with Crippen LogP contribution in [0.3, 0.4) is 0 Å². The fourth-order valence-electron chi connectivity index (χ4n) is 8.04. The summed E-state index contributed by atoms with van der Waals surface area (Å²) in [7, 11) is 0. The van der Waals surface area contributed by atoms with E-state index in [9.17, 15) is 4.79 Å². The lowest BCUT2D eigenvalue weighted by Crippen LogP contribution is -2.09. The fourth-order valence-corrected chi connectivity index (χ4v) is 8.04. The lowest BCUT2D eigenvalue weighted by Gasteiger charge is -2.07. The Morgan fingerprint density at radius 3 is 0.923 bits per heavy atom. The molecule has 0 amide bonds. The predicted molar refractivity (Wildman–Crippen MR) is 382 cm³/mol. The van der Waals surface area contributed by atoms with E-state index in [-0.39, 0.29) is 11.3 Å². The summed E-state index contributed by atoms with van der Waals surface area (Å²) < 4.78 is 5.32. The Morgan fingerprint density at radius 1 is 0.286 bits per heavy atom. The van der Waals surface area contributed by atoms with Crippen LogP contribution >= 0.6 is 0 Å². The van der Waals surface area contributed by atoms with Gasteiger partial charge in [-0.05, 0) is 187 Å². The van der Waals surface area contributed by atoms with E-state index in [4.69, 9.17) is 69.0 Å². The highest BCUT2D eigenvalue weighted by atomic mass is 16.5. The van der Waals surface area contributed by atoms with Crippen molar-refractivity contribution < 1.29 is 9.53 Å². The molecule has 91 heavy (non-hydrogen) atoms. The number of carbonyl (C=O) groups is 1. The summed E-state index contributed by atoms with van der Waals surface area (Å²) in [5.74, 6) is 25.0. The number of nitrogens with one attached hydrogen (secondary N) is 4. The van der Waals surface area contributed by atoms with E-state index in [1.807, 2.05) is 206 Å². The van der Waals surface area contributed by atoms with E-state index in [0.717, 1.165) is 90.0 Å². The van der Waals surface area contributed by atoms with Crippen molar-refractivity contribution in [3.8, 4) is 129 Å². The van der Waals surface area contributed by atoms with Gasteiger partial charge in [-0.25, -0.2) is 4.79 Å². The quantitative estimate of drug-likeness (QED) is 0.0555. The van der Waals surface area contributed by atoms with Crippen molar-refractivity contribution in [3.05, 3.63) is 316 Å². The van der Waals surface area contributed by atoms with Crippen LogP contribution < -0.4 is 26.0 Å². The van der Waals surface area contributed by atoms with Crippen LogP contribution in [0.25, 0.3) is 12.2 Å². The van der Waals surface area contributed by atoms with Crippen LogP contribution in [0.4, 0.5) is 45.5 Å². The average Bonchev–Trinajstić information content (AvgIpc) is 1.68. The molecular formula is C85H58N4O2. The highest BCUT2D eigenvalue weighted by Gasteiger charge is 2.12. The highest BCUT2D eigenvalue weighted by Crippen LogP contribution is 2.24. The summed E-state index contributed by atoms with van der Waals surface area (Å²) in [6.07, 6.45) is 57.2. The average molecular weight is 1170 g/mol. The molecule has 0 radical (unpaired) electrons. The molecule has 0 spiro atoms. The number of hydrogen-bond acceptors (Lipinski definition) is 6. The fraction of sp³-hybridized carbons (Fsp3) is 0. The van der Waals surface area contributed by atoms with E-state index in [2.05, 4.69) is 93.6 Å². The molecular weight excluding hydrogens is 1110 g/mol. The molecule has 6 nitrogen and oxygen atoms in total. The Balaban J connectivity index is 0.000000182. The zero-order valence-electron chi connectivity index (χ0n) is 49.6. The van der Waals surface area contributed by atoms with E-state index >= 15 is 0 Å². The molecule has 0 aromatic heterocycles. The van der Waals surface area contributed by atoms with Gasteiger partial charge in [-0.2, -0.15) is 0 Å². The van der Waals surface area contributed by atoms with Gasteiger partial charge in [-0.3, -0.25) is 0 Å². The largest absolute Gasteiger partial charge is 0.423 e. The van der Waals surface area contributed by atoms with Crippen molar-refractivity contribution in [2.24, 2.45) is 0 Å². The van der Waals surface area contributed by atoms with Crippen molar-refractivity contribution in [2.75, 3.05) is 21.3 Å². The minimum Gasteiger partial charge on any atom is -0.423 e. The van der Waals surface area contributed by atoms with Crippen LogP contribution in [0.15, 0.2) is 244 Å². The third kappa shape index (κ3) is 21.8. The van der Waals surface area contributed by atoms with Gasteiger partial charge in [-0.15, -0.1) is 64.2 Å². The zero-order valence-corrected chi connectivity index (χ0v) is 49.6. The lowest BCUT2D eigenvalue weighted by molar-refractivity contribution is 0.0734. The Morgan fingerprint density at radius 2 is 0.571 bits per heavy atom. The van der Waals surface area contributed by atoms with Gasteiger partial charge in [-0.1, -0.05) is 139 Å². The summed E-state index contributed by atoms with van der Waals surface area (Å²) in [5.41, 5.74) is 17.5. The number of para-hydroxylation sites is 1. The van der Waals surface area contributed by atoms with Crippen LogP contribution in [0.5, 0.6) is 5.75 Å². The molecule has 0 unspecified atom stereocenters. The SMILES string of the molecule is C#Cc1cc(C#C)cc(Nc2ccccc2)c1.C#Cc1cc(C#C)cc(OC(=O)c2cc(C#C)cc(C#C)c2)c1.C#Cc1ccc(Nc2ccc(C#C)cc2)cc1.C#Cc1cccc(Nc2cccc(C#C)c2)c1.C=Cc1ccc(Nc2ccc(C=C)cc2)cc1. The van der Waals surface area contributed by atoms with Crippen molar-refractivity contribution in [2.45, 2.75) is 0 Å². The van der Waals surface area contributed by atoms with Gasteiger partial charge < -0.3 is 26.0 Å². The Hall–Kier alpha value is -14.1. The number of esters is 1. The molecule has 0 bridgehead atoms. The zero-order chi connectivity index (χ0) is 65.2. The summed E-state index contributed by atoms with van der Waals surface area (Å²) in [6.45, 7) is 7.47. The number of benzene rings is 10. The number of anilines is 8. The molecule has 6 heteroatoms. The number of rotatable bonds is 12. The first-order valence-electron chi connectivity index (χ1n) is 27.7. The third-order valence-electron chi connectivity index (χ3n) is 12.6. The summed E-state index contributed by atoms with van der Waals surface area (Å²) in [5, 5.41) is 13.1. The van der Waals surface area contributed by atoms with E-state index in [0.29, 0.717) is 22.3 Å². The Bertz CT molecular complexity index is 4380. The van der Waals surface area contributed by atoms with Crippen LogP contribution in [0, 0.1) is 123 Å². The Labute approximate surface area is 536 Å². The molecule has 10 aromatic rings. The molecule has 0 aliphatic rings. The number of hydrogen-bond donors (Lipinski definition) is 4. The second-order valence-electron chi connectivity index (χ2n) is 19.0. The van der Waals surface area contributed by atoms with Crippen molar-refractivity contribution >= 4 is 63.6 Å². The minimum atomic E-state index is -0.601. The van der Waals surface area contributed by atoms with Crippen LogP contribution in [0.1, 0.15) is 77.1 Å². The molecule has 0 saturated carbocycles. The van der Waals surface area contributed by atoms with Crippen molar-refractivity contribution in [3.63, 3.8) is 0 Å². The molecule has 0 aliphatic carbocycles. The first-order chi connectivity index (χ1) is 44.3. The monoisotopic (exact) mass is 1170 g/mol. The van der Waals surface area contributed by atoms with Gasteiger partial charge in [0.15, 0.2) is 0 Å². The van der Waals surface area contributed by atoms with Gasteiger partial charge in [0.1, 0.15) is 5.75 Å². The smallest absolute Gasteiger partial charge is 0.343 e. The first kappa shape index (κ1) is 66.1. The summed E-state index contributed by atoms with van der Waals surface area (Å²) in [4.78, 5) is 12.3. The second kappa shape index (κ2) is 35.3. The maximum Gasteiger partial charge on any atom is 0.343 e. The van der Waals surface area contributed by atoms with Gasteiger partial charge in [0, 0.05) is 101 Å². The standard InChI is InChI=1S/C21H10O2.C16H15N.3C16H11N/c1-5-15-9-16(6-2)12-19(11-15)21(22)23-20-13-17(7-3)10-18(8-4)14-20;2*1-3-13-5-9-15(10-6-13)17-16-11-7-14(4-2)8-12-16;1-3-13-7-5-9-15(11-13)17-16-10-6-8-14(4-2)12-16;1-3-13-10-14(4-2)12-16(11-13)17-15-8-6-5-7-9-15/h1-4,9-14H;3-12,17H,1-2H2;3*1-2,5-12,17H. The highest BCUT2D eigenvalue weighted by molar-refractivity contribution is 5.92. The summed E-state index contributed by atoms with van der Waals surface area (Å²) in [6, 6.07) is 72.0. The van der Waals surface area contributed by atoms with Gasteiger partial charge in [0.2, 0.25) is 0 Å². The maximum absolute atomic E-state index is 12.3. The maximum atomic E-state index is 12.3. The third-order valence-corrected chi connectivity index (χ3v) is 12.6. The Kier molecular flexibility index (Phi) is 25.6. The predicted octanol–water partition coefficient (Wildman–Crippen LogP) is 17.7. The van der Waals surface area contributed by atoms with Gasteiger partial charge in [0.25, 0.3) is 0 Å². The summed E-state index contributed by atoms with van der Waals surface area (Å²) >= 11 is 0. The molecule has 0 atom stereocenters. The molecule has 10 aromatic carbocycles. The molecule has 430 valence electrons. The lowest BCUT2D eigenvalue weighted by atomic mass is 10.1. The van der Waals surface area contributed by atoms with E-state index < -0.39 is 5.97 Å². The van der Waals surface area contributed by atoms with Crippen LogP contribution in [0.2, 0.25) is 0 Å². The molecule has 0 aliphatic heterocycles. The minimum absolute atomic E-state index is 0.252. The second-order valence-corrected chi connectivity index (χ2v) is 19.0. The van der Waals surface area contributed by atoms with Gasteiger partial charge >= 0.3 is 5.97 Å². The normalized spacial score (nSPS) is 9.12. The molecule has 0 saturated heterocycles. The topological polar surface area (TPSA) is 74.4 Å². The van der Waals surface area contributed by atoms with Crippen LogP contribution in [-0.4, -0.2) is 5.97 Å². The van der Waals surface area contributed by atoms with Crippen molar-refractivity contribution in [1.82, 2.24) is 0 Å². The van der Waals surface area contributed by atoms with E-state index in [1.54, 1.807) is 24.3 Å². The molecule has 4 N–H and O–H groups in total. The first-order valence-corrected chi connectivity index (χ1v) is 27.7. The van der Waals surface area contributed by atoms with E-state index in [1.165, 1.54) is 12.1 Å². The van der Waals surface area contributed by atoms with Crippen molar-refractivity contribution in [1.29, 1.82) is 0 Å². The van der Waals surface area contributed by atoms with Gasteiger partial charge in [0.05, 0.1) is 5.56 Å². The molecule has 10 rings (SSSR count). The van der Waals surface area contributed by atoms with Crippen LogP contribution in [-0.2, 0) is 0 Å². The number of terminal acetylenes is 10. The number of carbonyl (C=O) groups excluding carboxylic acids is 1. The molecule has 0 heterocycles.